The second-order valence-electron chi connectivity index (χ2n) is 3.62. The monoisotopic (exact) mass is 349 g/mol. The molecular weight excluding hydrogens is 341 g/mol. The minimum absolute atomic E-state index is 0.172. The highest BCUT2D eigenvalue weighted by atomic mass is 79.9. The summed E-state index contributed by atoms with van der Waals surface area (Å²) in [4.78, 5) is 0. The van der Waals surface area contributed by atoms with E-state index in [2.05, 4.69) is 20.7 Å². The summed E-state index contributed by atoms with van der Waals surface area (Å²) in [6, 6.07) is 5.62. The second-order valence-corrected chi connectivity index (χ2v) is 7.27. The highest BCUT2D eigenvalue weighted by Gasteiger charge is 2.20. The molecule has 1 N–H and O–H groups in total. The third kappa shape index (κ3) is 2.73. The normalized spacial score (nSPS) is 11.5. The lowest BCUT2D eigenvalue weighted by Crippen LogP contribution is -2.13. The van der Waals surface area contributed by atoms with E-state index in [1.54, 1.807) is 18.4 Å². The van der Waals surface area contributed by atoms with E-state index in [0.717, 1.165) is 17.4 Å². The van der Waals surface area contributed by atoms with Crippen molar-refractivity contribution in [3.05, 3.63) is 45.5 Å². The van der Waals surface area contributed by atoms with Crippen molar-refractivity contribution in [2.24, 2.45) is 0 Å². The Morgan fingerprint density at radius 2 is 2.06 bits per heavy atom. The molecule has 0 unspecified atom stereocenters. The lowest BCUT2D eigenvalue weighted by molar-refractivity contribution is 0.602. The van der Waals surface area contributed by atoms with Gasteiger partial charge in [-0.25, -0.2) is 12.8 Å². The number of aryl methyl sites for hydroxylation is 1. The fraction of sp³-hybridized carbons (Fsp3) is 0.0909. The van der Waals surface area contributed by atoms with Gasteiger partial charge in [-0.2, -0.15) is 0 Å². The van der Waals surface area contributed by atoms with Crippen LogP contribution in [0.5, 0.6) is 0 Å². The van der Waals surface area contributed by atoms with Crippen LogP contribution in [0, 0.1) is 12.7 Å². The fourth-order valence-electron chi connectivity index (χ4n) is 1.37. The van der Waals surface area contributed by atoms with E-state index in [1.165, 1.54) is 12.1 Å². The number of sulfonamides is 1. The van der Waals surface area contributed by atoms with Crippen LogP contribution in [0.4, 0.5) is 10.1 Å². The average Bonchev–Trinajstić information content (AvgIpc) is 2.70. The Balaban J connectivity index is 2.40. The maximum atomic E-state index is 13.1. The van der Waals surface area contributed by atoms with E-state index in [9.17, 15) is 12.8 Å². The number of benzene rings is 1. The predicted molar refractivity (Wildman–Crippen MR) is 74.0 cm³/mol. The standard InChI is InChI=1S/C11H9BrFNO2S2/c1-7-2-3-8(13)6-10(7)14-18(15,16)11-9(12)4-5-17-11/h2-6,14H,1H3. The van der Waals surface area contributed by atoms with Gasteiger partial charge in [0.25, 0.3) is 10.0 Å². The average molecular weight is 350 g/mol. The van der Waals surface area contributed by atoms with E-state index in [0.29, 0.717) is 10.0 Å². The molecule has 3 nitrogen and oxygen atoms in total. The van der Waals surface area contributed by atoms with Gasteiger partial charge in [-0.1, -0.05) is 6.07 Å². The van der Waals surface area contributed by atoms with Crippen molar-refractivity contribution in [1.29, 1.82) is 0 Å². The third-order valence-corrected chi connectivity index (χ3v) is 6.31. The van der Waals surface area contributed by atoms with Crippen LogP contribution in [0.2, 0.25) is 0 Å². The maximum absolute atomic E-state index is 13.1. The van der Waals surface area contributed by atoms with Gasteiger partial charge in [0.2, 0.25) is 0 Å². The van der Waals surface area contributed by atoms with Crippen molar-refractivity contribution in [3.63, 3.8) is 0 Å². The van der Waals surface area contributed by atoms with Crippen molar-refractivity contribution in [1.82, 2.24) is 0 Å². The summed E-state index contributed by atoms with van der Waals surface area (Å²) >= 11 is 4.26. The second kappa shape index (κ2) is 4.99. The Bertz CT molecular complexity index is 682. The SMILES string of the molecule is Cc1ccc(F)cc1NS(=O)(=O)c1sccc1Br. The summed E-state index contributed by atoms with van der Waals surface area (Å²) in [6.45, 7) is 1.71. The first-order chi connectivity index (χ1) is 8.40. The molecule has 0 bridgehead atoms. The van der Waals surface area contributed by atoms with Crippen LogP contribution in [0.3, 0.4) is 0 Å². The smallest absolute Gasteiger partial charge is 0.272 e. The number of hydrogen-bond acceptors (Lipinski definition) is 3. The van der Waals surface area contributed by atoms with Gasteiger partial charge in [0.05, 0.1) is 5.69 Å². The molecule has 7 heteroatoms. The zero-order chi connectivity index (χ0) is 13.3. The molecule has 0 spiro atoms. The van der Waals surface area contributed by atoms with Gasteiger partial charge in [0.15, 0.2) is 4.21 Å². The van der Waals surface area contributed by atoms with Crippen LogP contribution >= 0.6 is 27.3 Å². The topological polar surface area (TPSA) is 46.2 Å². The van der Waals surface area contributed by atoms with Crippen LogP contribution in [-0.2, 0) is 10.0 Å². The Kier molecular flexibility index (Phi) is 3.74. The quantitative estimate of drug-likeness (QED) is 0.916. The number of anilines is 1. The molecule has 0 radical (unpaired) electrons. The Labute approximate surface area is 117 Å². The van der Waals surface area contributed by atoms with Crippen LogP contribution in [0.15, 0.2) is 38.3 Å². The Morgan fingerprint density at radius 3 is 2.67 bits per heavy atom. The summed E-state index contributed by atoms with van der Waals surface area (Å²) in [5.74, 6) is -0.483. The summed E-state index contributed by atoms with van der Waals surface area (Å²) in [6.07, 6.45) is 0. The molecule has 0 saturated carbocycles. The van der Waals surface area contributed by atoms with E-state index < -0.39 is 15.8 Å². The predicted octanol–water partition coefficient (Wildman–Crippen LogP) is 3.76. The molecule has 18 heavy (non-hydrogen) atoms. The first-order valence-electron chi connectivity index (χ1n) is 4.92. The van der Waals surface area contributed by atoms with E-state index >= 15 is 0 Å². The number of thiophene rings is 1. The van der Waals surface area contributed by atoms with Crippen LogP contribution in [0.25, 0.3) is 0 Å². The molecule has 1 heterocycles. The molecule has 0 fully saturated rings. The van der Waals surface area contributed by atoms with Crippen LogP contribution in [0.1, 0.15) is 5.56 Å². The summed E-state index contributed by atoms with van der Waals surface area (Å²) in [7, 11) is -3.68. The van der Waals surface area contributed by atoms with Crippen molar-refractivity contribution >= 4 is 43.0 Å². The minimum Gasteiger partial charge on any atom is -0.279 e. The molecule has 2 rings (SSSR count). The first-order valence-corrected chi connectivity index (χ1v) is 8.08. The minimum atomic E-state index is -3.68. The Hall–Kier alpha value is -0.920. The molecule has 0 saturated heterocycles. The number of halogens is 2. The first kappa shape index (κ1) is 13.5. The van der Waals surface area contributed by atoms with Crippen molar-refractivity contribution in [3.8, 4) is 0 Å². The van der Waals surface area contributed by atoms with Gasteiger partial charge in [-0.15, -0.1) is 11.3 Å². The van der Waals surface area contributed by atoms with Gasteiger partial charge in [0, 0.05) is 4.47 Å². The van der Waals surface area contributed by atoms with Crippen LogP contribution in [-0.4, -0.2) is 8.42 Å². The molecule has 0 atom stereocenters. The third-order valence-electron chi connectivity index (χ3n) is 2.27. The van der Waals surface area contributed by atoms with Gasteiger partial charge >= 0.3 is 0 Å². The molecule has 0 aliphatic heterocycles. The lowest BCUT2D eigenvalue weighted by atomic mass is 10.2. The number of rotatable bonds is 3. The highest BCUT2D eigenvalue weighted by molar-refractivity contribution is 9.10. The van der Waals surface area contributed by atoms with Crippen molar-refractivity contribution in [2.75, 3.05) is 4.72 Å². The maximum Gasteiger partial charge on any atom is 0.272 e. The molecule has 1 aromatic heterocycles. The van der Waals surface area contributed by atoms with E-state index in [4.69, 9.17) is 0 Å². The number of nitrogens with one attached hydrogen (secondary N) is 1. The highest BCUT2D eigenvalue weighted by Crippen LogP contribution is 2.30. The zero-order valence-electron chi connectivity index (χ0n) is 9.28. The van der Waals surface area contributed by atoms with E-state index in [1.807, 2.05) is 0 Å². The molecule has 0 aliphatic rings. The number of hydrogen-bond donors (Lipinski definition) is 1. The summed E-state index contributed by atoms with van der Waals surface area (Å²) in [5.41, 5.74) is 0.906. The molecule has 2 aromatic rings. The molecule has 0 amide bonds. The molecule has 0 aliphatic carbocycles. The molecule has 1 aromatic carbocycles. The molecular formula is C11H9BrFNO2S2. The summed E-state index contributed by atoms with van der Waals surface area (Å²) < 4.78 is 40.3. The lowest BCUT2D eigenvalue weighted by Gasteiger charge is -2.09. The van der Waals surface area contributed by atoms with Crippen molar-refractivity contribution < 1.29 is 12.8 Å². The van der Waals surface area contributed by atoms with Gasteiger partial charge in [-0.05, 0) is 52.0 Å². The zero-order valence-corrected chi connectivity index (χ0v) is 12.5. The van der Waals surface area contributed by atoms with Crippen LogP contribution < -0.4 is 4.72 Å². The van der Waals surface area contributed by atoms with Gasteiger partial charge in [-0.3, -0.25) is 4.72 Å². The molecule has 96 valence electrons. The Morgan fingerprint density at radius 1 is 1.33 bits per heavy atom. The van der Waals surface area contributed by atoms with E-state index in [-0.39, 0.29) is 9.90 Å². The largest absolute Gasteiger partial charge is 0.279 e. The van der Waals surface area contributed by atoms with Gasteiger partial charge < -0.3 is 0 Å². The van der Waals surface area contributed by atoms with Gasteiger partial charge in [0.1, 0.15) is 5.82 Å². The fourth-order valence-corrected chi connectivity index (χ4v) is 4.83. The summed E-state index contributed by atoms with van der Waals surface area (Å²) in [5, 5.41) is 1.66. The van der Waals surface area contributed by atoms with Crippen molar-refractivity contribution in [2.45, 2.75) is 11.1 Å².